The number of rotatable bonds is 8. The largest absolute Gasteiger partial charge is 0.484 e. The molecule has 3 aromatic rings. The molecule has 0 saturated carbocycles. The molecule has 4 heterocycles. The fourth-order valence-electron chi connectivity index (χ4n) is 5.04. The van der Waals surface area contributed by atoms with Crippen molar-refractivity contribution in [1.82, 2.24) is 24.4 Å². The number of nitrogens with zero attached hydrogens (tertiary/aromatic N) is 6. The lowest BCUT2D eigenvalue weighted by Crippen LogP contribution is -2.43. The van der Waals surface area contributed by atoms with Crippen LogP contribution in [0.15, 0.2) is 30.7 Å². The van der Waals surface area contributed by atoms with E-state index in [1.54, 1.807) is 19.1 Å². The zero-order valence-corrected chi connectivity index (χ0v) is 21.7. The Labute approximate surface area is 216 Å². The summed E-state index contributed by atoms with van der Waals surface area (Å²) in [6.45, 7) is 10.1. The number of halogens is 2. The molecule has 37 heavy (non-hydrogen) atoms. The predicted molar refractivity (Wildman–Crippen MR) is 140 cm³/mol. The van der Waals surface area contributed by atoms with Crippen LogP contribution in [0.4, 0.5) is 20.4 Å². The summed E-state index contributed by atoms with van der Waals surface area (Å²) in [5, 5.41) is 0. The lowest BCUT2D eigenvalue weighted by atomic mass is 9.93. The second-order valence-electron chi connectivity index (χ2n) is 10.3. The van der Waals surface area contributed by atoms with Crippen LogP contribution >= 0.6 is 0 Å². The Hall–Kier alpha value is -3.27. The lowest BCUT2D eigenvalue weighted by Gasteiger charge is -2.36. The molecule has 0 unspecified atom stereocenters. The maximum atomic E-state index is 15.9. The average molecular weight is 512 g/mol. The summed E-state index contributed by atoms with van der Waals surface area (Å²) >= 11 is 0. The highest BCUT2D eigenvalue weighted by molar-refractivity contribution is 5.63. The van der Waals surface area contributed by atoms with Crippen molar-refractivity contribution in [3.05, 3.63) is 47.9 Å². The number of likely N-dealkylation sites (tertiary alicyclic amines) is 1. The SMILES string of the molecule is Cc1cc(-c2cn(CCN3CCC3)c([C@H]3CCN(c4ncnc(N)c4OC(C)C)C[C@H]3F)n2)ccc1F. The van der Waals surface area contributed by atoms with E-state index in [4.69, 9.17) is 15.5 Å². The molecule has 5 rings (SSSR count). The number of alkyl halides is 1. The number of hydrogen-bond acceptors (Lipinski definition) is 7. The lowest BCUT2D eigenvalue weighted by molar-refractivity contribution is 0.172. The molecule has 1 aromatic carbocycles. The van der Waals surface area contributed by atoms with Crippen LogP contribution in [-0.2, 0) is 6.54 Å². The van der Waals surface area contributed by atoms with Crippen molar-refractivity contribution >= 4 is 11.6 Å². The highest BCUT2D eigenvalue weighted by Crippen LogP contribution is 2.38. The number of piperidine rings is 1. The van der Waals surface area contributed by atoms with Crippen LogP contribution in [0.1, 0.15) is 44.0 Å². The number of aryl methyl sites for hydroxylation is 1. The molecule has 2 aromatic heterocycles. The van der Waals surface area contributed by atoms with E-state index in [1.165, 1.54) is 18.8 Å². The Morgan fingerprint density at radius 3 is 2.65 bits per heavy atom. The normalized spacial score (nSPS) is 20.3. The Kier molecular flexibility index (Phi) is 7.28. The van der Waals surface area contributed by atoms with E-state index >= 15 is 4.39 Å². The predicted octanol–water partition coefficient (Wildman–Crippen LogP) is 4.19. The van der Waals surface area contributed by atoms with E-state index in [1.807, 2.05) is 24.9 Å². The van der Waals surface area contributed by atoms with E-state index in [0.717, 1.165) is 43.3 Å². The minimum atomic E-state index is -1.16. The highest BCUT2D eigenvalue weighted by Gasteiger charge is 2.36. The first-order chi connectivity index (χ1) is 17.8. The molecule has 8 nitrogen and oxygen atoms in total. The van der Waals surface area contributed by atoms with Gasteiger partial charge in [-0.05, 0) is 70.5 Å². The third-order valence-electron chi connectivity index (χ3n) is 7.21. The van der Waals surface area contributed by atoms with Gasteiger partial charge in [-0.15, -0.1) is 0 Å². The molecule has 0 spiro atoms. The van der Waals surface area contributed by atoms with E-state index in [0.29, 0.717) is 30.1 Å². The number of nitrogens with two attached hydrogens (primary N) is 1. The van der Waals surface area contributed by atoms with Gasteiger partial charge in [0, 0.05) is 31.4 Å². The van der Waals surface area contributed by atoms with Crippen molar-refractivity contribution in [2.24, 2.45) is 0 Å². The number of hydrogen-bond donors (Lipinski definition) is 1. The van der Waals surface area contributed by atoms with Gasteiger partial charge in [-0.1, -0.05) is 0 Å². The molecule has 0 radical (unpaired) electrons. The molecule has 2 aliphatic rings. The third-order valence-corrected chi connectivity index (χ3v) is 7.21. The van der Waals surface area contributed by atoms with Crippen LogP contribution < -0.4 is 15.4 Å². The Balaban J connectivity index is 1.40. The molecule has 2 N–H and O–H groups in total. The van der Waals surface area contributed by atoms with E-state index in [9.17, 15) is 4.39 Å². The number of anilines is 2. The number of ether oxygens (including phenoxy) is 1. The maximum absolute atomic E-state index is 15.9. The molecule has 198 valence electrons. The Bertz CT molecular complexity index is 1240. The maximum Gasteiger partial charge on any atom is 0.204 e. The first-order valence-corrected chi connectivity index (χ1v) is 13.0. The minimum absolute atomic E-state index is 0.113. The monoisotopic (exact) mass is 511 g/mol. The van der Waals surface area contributed by atoms with Gasteiger partial charge in [0.1, 0.15) is 24.1 Å². The first-order valence-electron chi connectivity index (χ1n) is 13.0. The Morgan fingerprint density at radius 2 is 1.97 bits per heavy atom. The van der Waals surface area contributed by atoms with Crippen LogP contribution in [0.2, 0.25) is 0 Å². The molecular weight excluding hydrogens is 476 g/mol. The van der Waals surface area contributed by atoms with Crippen LogP contribution in [0.5, 0.6) is 5.75 Å². The van der Waals surface area contributed by atoms with Gasteiger partial charge in [0.05, 0.1) is 24.3 Å². The van der Waals surface area contributed by atoms with Crippen LogP contribution in [0.3, 0.4) is 0 Å². The smallest absolute Gasteiger partial charge is 0.204 e. The molecular formula is C27H35F2N7O. The fraction of sp³-hybridized carbons (Fsp3) is 0.519. The van der Waals surface area contributed by atoms with Crippen molar-refractivity contribution < 1.29 is 13.5 Å². The van der Waals surface area contributed by atoms with Crippen molar-refractivity contribution in [3.63, 3.8) is 0 Å². The van der Waals surface area contributed by atoms with E-state index in [2.05, 4.69) is 19.4 Å². The summed E-state index contributed by atoms with van der Waals surface area (Å²) in [4.78, 5) is 17.6. The fourth-order valence-corrected chi connectivity index (χ4v) is 5.04. The van der Waals surface area contributed by atoms with Crippen molar-refractivity contribution in [2.75, 3.05) is 43.4 Å². The molecule has 2 saturated heterocycles. The van der Waals surface area contributed by atoms with Crippen LogP contribution in [0, 0.1) is 12.7 Å². The number of imidazole rings is 1. The van der Waals surface area contributed by atoms with Gasteiger partial charge >= 0.3 is 0 Å². The van der Waals surface area contributed by atoms with Gasteiger partial charge in [-0.2, -0.15) is 0 Å². The molecule has 0 amide bonds. The number of nitrogen functional groups attached to an aromatic ring is 1. The van der Waals surface area contributed by atoms with E-state index < -0.39 is 6.17 Å². The summed E-state index contributed by atoms with van der Waals surface area (Å²) in [7, 11) is 0. The van der Waals surface area contributed by atoms with Crippen LogP contribution in [-0.4, -0.2) is 69.4 Å². The minimum Gasteiger partial charge on any atom is -0.484 e. The van der Waals surface area contributed by atoms with Crippen molar-refractivity contribution in [2.45, 2.75) is 58.4 Å². The second-order valence-corrected chi connectivity index (χ2v) is 10.3. The van der Waals surface area contributed by atoms with Gasteiger partial charge in [-0.3, -0.25) is 0 Å². The van der Waals surface area contributed by atoms with Gasteiger partial charge in [0.2, 0.25) is 5.75 Å². The zero-order valence-electron chi connectivity index (χ0n) is 21.7. The topological polar surface area (TPSA) is 85.3 Å². The van der Waals surface area contributed by atoms with Crippen LogP contribution in [0.25, 0.3) is 11.3 Å². The summed E-state index contributed by atoms with van der Waals surface area (Å²) in [6.07, 6.45) is 3.88. The molecule has 2 aliphatic heterocycles. The van der Waals surface area contributed by atoms with Crippen molar-refractivity contribution in [1.29, 1.82) is 0 Å². The molecule has 0 aliphatic carbocycles. The second kappa shape index (κ2) is 10.6. The number of benzene rings is 1. The van der Waals surface area contributed by atoms with Gasteiger partial charge in [0.25, 0.3) is 0 Å². The van der Waals surface area contributed by atoms with Crippen molar-refractivity contribution in [3.8, 4) is 17.0 Å². The molecule has 2 atom stereocenters. The average Bonchev–Trinajstić information content (AvgIpc) is 3.24. The third kappa shape index (κ3) is 5.39. The van der Waals surface area contributed by atoms with Gasteiger partial charge in [0.15, 0.2) is 11.6 Å². The van der Waals surface area contributed by atoms with E-state index in [-0.39, 0.29) is 30.2 Å². The Morgan fingerprint density at radius 1 is 1.16 bits per heavy atom. The standard InChI is InChI=1S/C27H35F2N7O/c1-17(2)37-24-25(30)31-16-32-27(24)35-10-7-20(22(29)14-35)26-33-23(19-5-6-21(28)18(3)13-19)15-36(26)12-11-34-8-4-9-34/h5-6,13,15-17,20,22H,4,7-12,14H2,1-3H3,(H2,30,31,32)/t20-,22+/m0/s1. The summed E-state index contributed by atoms with van der Waals surface area (Å²) in [5.41, 5.74) is 8.21. The molecule has 2 fully saturated rings. The summed E-state index contributed by atoms with van der Waals surface area (Å²) in [6, 6.07) is 5.00. The zero-order chi connectivity index (χ0) is 26.1. The molecule has 0 bridgehead atoms. The highest BCUT2D eigenvalue weighted by atomic mass is 19.1. The first kappa shape index (κ1) is 25.4. The number of aromatic nitrogens is 4. The van der Waals surface area contributed by atoms with Gasteiger partial charge in [-0.25, -0.2) is 23.7 Å². The summed E-state index contributed by atoms with van der Waals surface area (Å²) < 4.78 is 37.7. The quantitative estimate of drug-likeness (QED) is 0.485. The molecule has 10 heteroatoms. The van der Waals surface area contributed by atoms with Gasteiger partial charge < -0.3 is 24.8 Å². The summed E-state index contributed by atoms with van der Waals surface area (Å²) in [5.74, 6) is 1.29.